The quantitative estimate of drug-likeness (QED) is 0.538. The van der Waals surface area contributed by atoms with Crippen LogP contribution in [-0.2, 0) is 27.5 Å². The number of nitrogens with zero attached hydrogens (tertiary/aromatic N) is 3. The van der Waals surface area contributed by atoms with Gasteiger partial charge in [0.1, 0.15) is 5.76 Å². The standard InChI is InChI=1S/C18H23N3O2.2C2HF3O2/c1-12-17(13(2)23-20-12)10-21-9-15-6-16(21)7-18(15)22-11-14-4-3-5-19-8-14;2*3-2(4,5)1(6)7/h3-5,8,15-16,18H,6-7,9-11H2,1-2H3;2*(H,6,7). The van der Waals surface area contributed by atoms with E-state index in [-0.39, 0.29) is 0 Å². The van der Waals surface area contributed by atoms with Crippen molar-refractivity contribution < 1.29 is 55.4 Å². The molecule has 4 rings (SSSR count). The van der Waals surface area contributed by atoms with E-state index in [1.165, 1.54) is 12.0 Å². The summed E-state index contributed by atoms with van der Waals surface area (Å²) in [5.74, 6) is -3.91. The third kappa shape index (κ3) is 9.00. The van der Waals surface area contributed by atoms with Gasteiger partial charge in [0, 0.05) is 37.1 Å². The molecule has 2 aromatic rings. The zero-order valence-electron chi connectivity index (χ0n) is 19.7. The van der Waals surface area contributed by atoms with E-state index in [1.54, 1.807) is 6.20 Å². The lowest BCUT2D eigenvalue weighted by Gasteiger charge is -2.31. The molecule has 0 amide bonds. The summed E-state index contributed by atoms with van der Waals surface area (Å²) in [6.45, 7) is 6.78. The van der Waals surface area contributed by atoms with E-state index in [1.807, 2.05) is 26.1 Å². The third-order valence-electron chi connectivity index (χ3n) is 5.80. The molecule has 37 heavy (non-hydrogen) atoms. The first kappa shape index (κ1) is 30.0. The lowest BCUT2D eigenvalue weighted by molar-refractivity contribution is -0.193. The number of carboxylic acid groups (broad SMARTS) is 2. The van der Waals surface area contributed by atoms with Gasteiger partial charge in [-0.25, -0.2) is 9.59 Å². The summed E-state index contributed by atoms with van der Waals surface area (Å²) in [7, 11) is 0. The van der Waals surface area contributed by atoms with Gasteiger partial charge >= 0.3 is 24.3 Å². The Labute approximate surface area is 207 Å². The fraction of sp³-hybridized carbons (Fsp3) is 0.545. The summed E-state index contributed by atoms with van der Waals surface area (Å²) in [6.07, 6.45) is -3.71. The zero-order chi connectivity index (χ0) is 28.0. The first-order valence-electron chi connectivity index (χ1n) is 10.9. The molecule has 206 valence electrons. The monoisotopic (exact) mass is 541 g/mol. The number of halogens is 6. The molecule has 0 aromatic carbocycles. The maximum atomic E-state index is 10.6. The lowest BCUT2D eigenvalue weighted by Crippen LogP contribution is -2.38. The van der Waals surface area contributed by atoms with Crippen LogP contribution in [0.5, 0.6) is 0 Å². The molecule has 3 heterocycles. The fourth-order valence-corrected chi connectivity index (χ4v) is 4.01. The maximum absolute atomic E-state index is 10.6. The smallest absolute Gasteiger partial charge is 0.475 e. The van der Waals surface area contributed by atoms with Gasteiger partial charge in [0.25, 0.3) is 0 Å². The molecule has 0 radical (unpaired) electrons. The summed E-state index contributed by atoms with van der Waals surface area (Å²) in [5.41, 5.74) is 3.43. The van der Waals surface area contributed by atoms with Crippen LogP contribution in [0, 0.1) is 19.8 Å². The molecule has 2 aromatic heterocycles. The largest absolute Gasteiger partial charge is 0.490 e. The summed E-state index contributed by atoms with van der Waals surface area (Å²) >= 11 is 0. The average Bonchev–Trinajstić information content (AvgIpc) is 3.48. The van der Waals surface area contributed by atoms with Crippen molar-refractivity contribution in [1.29, 1.82) is 0 Å². The van der Waals surface area contributed by atoms with Crippen LogP contribution < -0.4 is 0 Å². The number of hydrogen-bond acceptors (Lipinski definition) is 7. The SMILES string of the molecule is Cc1noc(C)c1CN1CC2CC1CC2OCc1cccnc1.O=C(O)C(F)(F)F.O=C(O)C(F)(F)F. The van der Waals surface area contributed by atoms with Gasteiger partial charge in [-0.1, -0.05) is 11.2 Å². The Morgan fingerprint density at radius 2 is 1.70 bits per heavy atom. The van der Waals surface area contributed by atoms with E-state index < -0.39 is 24.3 Å². The number of rotatable bonds is 5. The lowest BCUT2D eigenvalue weighted by atomic mass is 10.0. The maximum Gasteiger partial charge on any atom is 0.490 e. The van der Waals surface area contributed by atoms with E-state index in [4.69, 9.17) is 29.1 Å². The van der Waals surface area contributed by atoms with Gasteiger partial charge in [0.05, 0.1) is 18.4 Å². The van der Waals surface area contributed by atoms with Gasteiger partial charge < -0.3 is 19.5 Å². The van der Waals surface area contributed by atoms with Crippen LogP contribution in [0.2, 0.25) is 0 Å². The molecule has 2 N–H and O–H groups in total. The first-order chi connectivity index (χ1) is 17.1. The van der Waals surface area contributed by atoms with Crippen molar-refractivity contribution in [3.05, 3.63) is 47.1 Å². The molecule has 1 aliphatic carbocycles. The van der Waals surface area contributed by atoms with Crippen LogP contribution in [0.1, 0.15) is 35.4 Å². The Morgan fingerprint density at radius 1 is 1.11 bits per heavy atom. The molecule has 9 nitrogen and oxygen atoms in total. The number of fused-ring (bicyclic) bond motifs is 2. The van der Waals surface area contributed by atoms with E-state index in [0.717, 1.165) is 36.5 Å². The fourth-order valence-electron chi connectivity index (χ4n) is 4.01. The molecule has 1 saturated carbocycles. The van der Waals surface area contributed by atoms with Gasteiger partial charge in [-0.15, -0.1) is 0 Å². The van der Waals surface area contributed by atoms with Crippen molar-refractivity contribution in [3.63, 3.8) is 0 Å². The predicted molar refractivity (Wildman–Crippen MR) is 113 cm³/mol. The highest BCUT2D eigenvalue weighted by atomic mass is 19.4. The number of pyridine rings is 1. The number of carboxylic acids is 2. The molecule has 0 spiro atoms. The van der Waals surface area contributed by atoms with Crippen LogP contribution >= 0.6 is 0 Å². The topological polar surface area (TPSA) is 126 Å². The van der Waals surface area contributed by atoms with Crippen LogP contribution in [0.4, 0.5) is 26.3 Å². The highest BCUT2D eigenvalue weighted by Gasteiger charge is 2.45. The minimum Gasteiger partial charge on any atom is -0.475 e. The van der Waals surface area contributed by atoms with Crippen molar-refractivity contribution in [2.45, 2.75) is 64.3 Å². The number of aryl methyl sites for hydroxylation is 2. The Bertz CT molecular complexity index is 1000. The van der Waals surface area contributed by atoms with Crippen molar-refractivity contribution in [1.82, 2.24) is 15.0 Å². The minimum atomic E-state index is -5.08. The van der Waals surface area contributed by atoms with E-state index in [0.29, 0.717) is 24.7 Å². The number of likely N-dealkylation sites (tertiary alicyclic amines) is 1. The first-order valence-corrected chi connectivity index (χ1v) is 10.9. The van der Waals surface area contributed by atoms with Crippen LogP contribution in [0.15, 0.2) is 29.0 Å². The van der Waals surface area contributed by atoms with Gasteiger partial charge in [-0.3, -0.25) is 9.88 Å². The normalized spacial score (nSPS) is 21.0. The summed E-state index contributed by atoms with van der Waals surface area (Å²) in [6, 6.07) is 4.67. The minimum absolute atomic E-state index is 0.390. The number of alkyl halides is 6. The number of aliphatic carboxylic acids is 2. The molecular weight excluding hydrogens is 516 g/mol. The molecule has 1 aliphatic heterocycles. The second kappa shape index (κ2) is 12.4. The molecule has 3 unspecified atom stereocenters. The highest BCUT2D eigenvalue weighted by Crippen LogP contribution is 2.40. The molecule has 2 bridgehead atoms. The Balaban J connectivity index is 0.000000286. The Morgan fingerprint density at radius 3 is 2.11 bits per heavy atom. The van der Waals surface area contributed by atoms with E-state index in [2.05, 4.69) is 21.1 Å². The van der Waals surface area contributed by atoms with Gasteiger partial charge in [-0.2, -0.15) is 26.3 Å². The summed E-state index contributed by atoms with van der Waals surface area (Å²) in [4.78, 5) is 24.5. The Hall–Kier alpha value is -3.20. The highest BCUT2D eigenvalue weighted by molar-refractivity contribution is 5.73. The molecular formula is C22H25F6N3O6. The summed E-state index contributed by atoms with van der Waals surface area (Å²) in [5, 5.41) is 18.3. The number of piperidine rings is 1. The zero-order valence-corrected chi connectivity index (χ0v) is 19.7. The number of hydrogen-bond donors (Lipinski definition) is 2. The third-order valence-corrected chi connectivity index (χ3v) is 5.80. The van der Waals surface area contributed by atoms with Crippen molar-refractivity contribution in [3.8, 4) is 0 Å². The number of ether oxygens (including phenoxy) is 1. The summed E-state index contributed by atoms with van der Waals surface area (Å²) < 4.78 is 74.9. The van der Waals surface area contributed by atoms with Crippen molar-refractivity contribution in [2.24, 2.45) is 5.92 Å². The second-order valence-corrected chi connectivity index (χ2v) is 8.43. The van der Waals surface area contributed by atoms with Crippen molar-refractivity contribution in [2.75, 3.05) is 6.54 Å². The molecule has 3 atom stereocenters. The van der Waals surface area contributed by atoms with Crippen LogP contribution in [0.3, 0.4) is 0 Å². The molecule has 15 heteroatoms. The predicted octanol–water partition coefficient (Wildman–Crippen LogP) is 4.13. The number of carbonyl (C=O) groups is 2. The molecule has 2 aliphatic rings. The van der Waals surface area contributed by atoms with E-state index >= 15 is 0 Å². The second-order valence-electron chi connectivity index (χ2n) is 8.43. The van der Waals surface area contributed by atoms with Gasteiger partial charge in [0.15, 0.2) is 0 Å². The van der Waals surface area contributed by atoms with Crippen LogP contribution in [-0.4, -0.2) is 68.2 Å². The van der Waals surface area contributed by atoms with Crippen molar-refractivity contribution >= 4 is 11.9 Å². The number of aromatic nitrogens is 2. The van der Waals surface area contributed by atoms with Gasteiger partial charge in [-0.05, 0) is 44.2 Å². The van der Waals surface area contributed by atoms with Crippen LogP contribution in [0.25, 0.3) is 0 Å². The molecule has 1 saturated heterocycles. The van der Waals surface area contributed by atoms with Gasteiger partial charge in [0.2, 0.25) is 0 Å². The Kier molecular flexibility index (Phi) is 10.0. The molecule has 2 fully saturated rings. The van der Waals surface area contributed by atoms with E-state index in [9.17, 15) is 26.3 Å². The average molecular weight is 541 g/mol.